The first-order chi connectivity index (χ1) is 12.0. The molecule has 2 rings (SSSR count). The first-order valence-electron chi connectivity index (χ1n) is 8.94. The fraction of sp³-hybridized carbons (Fsp3) is 0.600. The Hall–Kier alpha value is -2.11. The summed E-state index contributed by atoms with van der Waals surface area (Å²) in [7, 11) is 0. The molecular weight excluding hydrogens is 337 g/mol. The molecule has 0 spiro atoms. The highest BCUT2D eigenvalue weighted by atomic mass is 19.1. The number of rotatable bonds is 6. The molecule has 144 valence electrons. The van der Waals surface area contributed by atoms with Crippen molar-refractivity contribution in [1.82, 2.24) is 4.90 Å². The minimum absolute atomic E-state index is 0.145. The Kier molecular flexibility index (Phi) is 5.64. The lowest BCUT2D eigenvalue weighted by Gasteiger charge is -2.42. The van der Waals surface area contributed by atoms with Crippen LogP contribution in [0.1, 0.15) is 46.6 Å². The number of aliphatic carboxylic acids is 1. The molecular formula is C20H28FNO4. The molecule has 1 aliphatic rings. The van der Waals surface area contributed by atoms with Gasteiger partial charge in [0.2, 0.25) is 5.91 Å². The zero-order chi connectivity index (χ0) is 19.7. The Bertz CT molecular complexity index is 692. The highest BCUT2D eigenvalue weighted by Crippen LogP contribution is 2.33. The number of halogens is 1. The van der Waals surface area contributed by atoms with Gasteiger partial charge in [0.15, 0.2) is 0 Å². The monoisotopic (exact) mass is 365 g/mol. The van der Waals surface area contributed by atoms with E-state index in [0.29, 0.717) is 25.4 Å². The highest BCUT2D eigenvalue weighted by molar-refractivity contribution is 6.01. The summed E-state index contributed by atoms with van der Waals surface area (Å²) < 4.78 is 19.4. The summed E-state index contributed by atoms with van der Waals surface area (Å²) in [5.74, 6) is -0.943. The summed E-state index contributed by atoms with van der Waals surface area (Å²) in [5.41, 5.74) is -0.819. The Morgan fingerprint density at radius 2 is 1.88 bits per heavy atom. The van der Waals surface area contributed by atoms with Crippen LogP contribution in [0.5, 0.6) is 5.75 Å². The minimum Gasteiger partial charge on any atom is -0.493 e. The van der Waals surface area contributed by atoms with Gasteiger partial charge in [0.1, 0.15) is 17.0 Å². The molecule has 0 saturated carbocycles. The fourth-order valence-electron chi connectivity index (χ4n) is 3.01. The summed E-state index contributed by atoms with van der Waals surface area (Å²) in [6.45, 7) is 10.5. The van der Waals surface area contributed by atoms with E-state index >= 15 is 0 Å². The smallest absolute Gasteiger partial charge is 0.318 e. The number of hydrogen-bond donors (Lipinski definition) is 1. The molecule has 0 bridgehead atoms. The van der Waals surface area contributed by atoms with Crippen molar-refractivity contribution in [2.24, 2.45) is 11.3 Å². The molecule has 1 saturated heterocycles. The van der Waals surface area contributed by atoms with Gasteiger partial charge in [-0.2, -0.15) is 0 Å². The molecule has 1 aliphatic heterocycles. The number of nitrogens with zero attached hydrogens (tertiary/aromatic N) is 1. The molecule has 26 heavy (non-hydrogen) atoms. The number of ether oxygens (including phenoxy) is 1. The van der Waals surface area contributed by atoms with Gasteiger partial charge in [-0.3, -0.25) is 9.59 Å². The first-order valence-corrected chi connectivity index (χ1v) is 8.94. The summed E-state index contributed by atoms with van der Waals surface area (Å²) in [5, 5.41) is 9.32. The van der Waals surface area contributed by atoms with E-state index in [0.717, 1.165) is 5.56 Å². The number of likely N-dealkylation sites (tertiary alicyclic amines) is 1. The number of carbonyl (C=O) groups excluding carboxylic acids is 1. The third kappa shape index (κ3) is 4.00. The van der Waals surface area contributed by atoms with Gasteiger partial charge in [-0.25, -0.2) is 4.39 Å². The maximum absolute atomic E-state index is 13.6. The third-order valence-electron chi connectivity index (χ3n) is 5.12. The van der Waals surface area contributed by atoms with Crippen LogP contribution in [-0.4, -0.2) is 41.6 Å². The lowest BCUT2D eigenvalue weighted by molar-refractivity contribution is -0.163. The van der Waals surface area contributed by atoms with Crippen LogP contribution < -0.4 is 4.74 Å². The van der Waals surface area contributed by atoms with Crippen LogP contribution in [0.2, 0.25) is 0 Å². The maximum atomic E-state index is 13.6. The summed E-state index contributed by atoms with van der Waals surface area (Å²) in [4.78, 5) is 25.4. The molecule has 1 fully saturated rings. The van der Waals surface area contributed by atoms with E-state index in [1.165, 1.54) is 19.1 Å². The van der Waals surface area contributed by atoms with Gasteiger partial charge in [-0.15, -0.1) is 0 Å². The molecule has 1 aromatic rings. The molecule has 0 aromatic heterocycles. The van der Waals surface area contributed by atoms with E-state index < -0.39 is 11.4 Å². The number of hydrogen-bond acceptors (Lipinski definition) is 3. The maximum Gasteiger partial charge on any atom is 0.318 e. The summed E-state index contributed by atoms with van der Waals surface area (Å²) >= 11 is 0. The van der Waals surface area contributed by atoms with Gasteiger partial charge >= 0.3 is 5.97 Å². The average molecular weight is 365 g/mol. The third-order valence-corrected chi connectivity index (χ3v) is 5.12. The quantitative estimate of drug-likeness (QED) is 0.784. The predicted octanol–water partition coefficient (Wildman–Crippen LogP) is 3.46. The minimum atomic E-state index is -1.37. The van der Waals surface area contributed by atoms with Crippen LogP contribution in [0.25, 0.3) is 0 Å². The largest absolute Gasteiger partial charge is 0.493 e. The fourth-order valence-corrected chi connectivity index (χ4v) is 3.01. The Balaban J connectivity index is 1.95. The van der Waals surface area contributed by atoms with E-state index in [1.807, 2.05) is 20.8 Å². The van der Waals surface area contributed by atoms with Crippen molar-refractivity contribution in [3.8, 4) is 5.75 Å². The Morgan fingerprint density at radius 3 is 2.38 bits per heavy atom. The van der Waals surface area contributed by atoms with Crippen LogP contribution in [0, 0.1) is 17.2 Å². The molecule has 1 atom stereocenters. The molecule has 6 heteroatoms. The Labute approximate surface area is 154 Å². The second kappa shape index (κ2) is 7.25. The number of amides is 1. The topological polar surface area (TPSA) is 66.8 Å². The molecule has 1 heterocycles. The summed E-state index contributed by atoms with van der Waals surface area (Å²) in [6.07, 6.45) is 0.253. The van der Waals surface area contributed by atoms with Crippen molar-refractivity contribution in [2.75, 3.05) is 19.7 Å². The van der Waals surface area contributed by atoms with Gasteiger partial charge in [-0.05, 0) is 37.0 Å². The van der Waals surface area contributed by atoms with Crippen molar-refractivity contribution in [2.45, 2.75) is 46.5 Å². The van der Waals surface area contributed by atoms with E-state index in [9.17, 15) is 19.1 Å². The van der Waals surface area contributed by atoms with Crippen molar-refractivity contribution < 1.29 is 23.8 Å². The molecule has 0 radical (unpaired) electrons. The van der Waals surface area contributed by atoms with Crippen LogP contribution in [0.15, 0.2) is 18.2 Å². The van der Waals surface area contributed by atoms with Crippen LogP contribution in [0.4, 0.5) is 4.39 Å². The van der Waals surface area contributed by atoms with E-state index in [-0.39, 0.29) is 29.5 Å². The van der Waals surface area contributed by atoms with E-state index in [1.54, 1.807) is 17.9 Å². The predicted molar refractivity (Wildman–Crippen MR) is 96.7 cm³/mol. The van der Waals surface area contributed by atoms with Gasteiger partial charge in [-0.1, -0.05) is 27.7 Å². The first kappa shape index (κ1) is 20.2. The standard InChI is InChI=1S/C20H28FNO4/c1-6-20(5,18(24)25)17(23)22-10-13(11-22)12-26-16-8-7-14(21)9-15(16)19(2,3)4/h7-9,13H,6,10-12H2,1-5H3,(H,24,25). The second-order valence-corrected chi connectivity index (χ2v) is 8.27. The van der Waals surface area contributed by atoms with E-state index in [4.69, 9.17) is 4.74 Å². The SMILES string of the molecule is CCC(C)(C(=O)O)C(=O)N1CC(COc2ccc(F)cc2C(C)(C)C)C1. The van der Waals surface area contributed by atoms with Gasteiger partial charge in [0, 0.05) is 24.6 Å². The molecule has 1 aromatic carbocycles. The van der Waals surface area contributed by atoms with Gasteiger partial charge in [0.05, 0.1) is 6.61 Å². The van der Waals surface area contributed by atoms with Gasteiger partial charge < -0.3 is 14.7 Å². The molecule has 0 aliphatic carbocycles. The van der Waals surface area contributed by atoms with Crippen LogP contribution in [0.3, 0.4) is 0 Å². The Morgan fingerprint density at radius 1 is 1.27 bits per heavy atom. The molecule has 1 amide bonds. The zero-order valence-corrected chi connectivity index (χ0v) is 16.1. The number of carboxylic acids is 1. The molecule has 5 nitrogen and oxygen atoms in total. The normalized spacial score (nSPS) is 17.4. The number of carbonyl (C=O) groups is 2. The lowest BCUT2D eigenvalue weighted by atomic mass is 9.84. The average Bonchev–Trinajstić information content (AvgIpc) is 2.52. The molecule has 1 N–H and O–H groups in total. The van der Waals surface area contributed by atoms with Crippen molar-refractivity contribution >= 4 is 11.9 Å². The van der Waals surface area contributed by atoms with Crippen molar-refractivity contribution in [3.05, 3.63) is 29.6 Å². The number of carboxylic acid groups (broad SMARTS) is 1. The second-order valence-electron chi connectivity index (χ2n) is 8.27. The van der Waals surface area contributed by atoms with E-state index in [2.05, 4.69) is 0 Å². The van der Waals surface area contributed by atoms with Crippen molar-refractivity contribution in [3.63, 3.8) is 0 Å². The zero-order valence-electron chi connectivity index (χ0n) is 16.1. The molecule has 1 unspecified atom stereocenters. The van der Waals surface area contributed by atoms with Crippen LogP contribution in [-0.2, 0) is 15.0 Å². The van der Waals surface area contributed by atoms with Gasteiger partial charge in [0.25, 0.3) is 0 Å². The number of benzene rings is 1. The highest BCUT2D eigenvalue weighted by Gasteiger charge is 2.45. The van der Waals surface area contributed by atoms with Crippen LogP contribution >= 0.6 is 0 Å². The van der Waals surface area contributed by atoms with Crippen molar-refractivity contribution in [1.29, 1.82) is 0 Å². The lowest BCUT2D eigenvalue weighted by Crippen LogP contribution is -2.57. The summed E-state index contributed by atoms with van der Waals surface area (Å²) in [6, 6.07) is 4.50.